The van der Waals surface area contributed by atoms with E-state index in [1.54, 1.807) is 30.3 Å². The summed E-state index contributed by atoms with van der Waals surface area (Å²) in [6, 6.07) is 9.98. The summed E-state index contributed by atoms with van der Waals surface area (Å²) in [5.41, 5.74) is 0.346. The minimum Gasteiger partial charge on any atom is -0.491 e. The summed E-state index contributed by atoms with van der Waals surface area (Å²) in [5, 5.41) is 21.4. The van der Waals surface area contributed by atoms with Gasteiger partial charge in [-0.3, -0.25) is 19.2 Å². The fourth-order valence-electron chi connectivity index (χ4n) is 5.59. The van der Waals surface area contributed by atoms with Crippen LogP contribution in [0.1, 0.15) is 62.4 Å². The molecule has 2 aliphatic rings. The van der Waals surface area contributed by atoms with E-state index in [-0.39, 0.29) is 49.0 Å². The lowest BCUT2D eigenvalue weighted by molar-refractivity contribution is -0.132. The number of para-hydroxylation sites is 1. The van der Waals surface area contributed by atoms with Crippen LogP contribution in [0.4, 0.5) is 4.39 Å². The molecule has 0 bridgehead atoms. The first kappa shape index (κ1) is 33.9. The highest BCUT2D eigenvalue weighted by Crippen LogP contribution is 2.34. The summed E-state index contributed by atoms with van der Waals surface area (Å²) in [6.07, 6.45) is -0.395. The molecule has 11 nitrogen and oxygen atoms in total. The number of carbonyl (C=O) groups excluding carboxylic acids is 4. The second-order valence-corrected chi connectivity index (χ2v) is 12.1. The van der Waals surface area contributed by atoms with E-state index < -0.39 is 53.3 Å². The molecule has 2 aromatic rings. The maximum atomic E-state index is 14.2. The van der Waals surface area contributed by atoms with E-state index >= 15 is 0 Å². The molecule has 4 rings (SSSR count). The zero-order valence-electron chi connectivity index (χ0n) is 25.9. The van der Waals surface area contributed by atoms with Crippen molar-refractivity contribution in [1.82, 2.24) is 21.3 Å². The van der Waals surface area contributed by atoms with Crippen LogP contribution < -0.4 is 26.0 Å². The SMILES string of the molecule is CC(C)[C@H]1COc2ccccc2C(=O)N[C@H](C(=O)NCC2(c3cccc(F)c3)CCOCC2)CCC(=O)N[C@@H]([C@@H](C)O)C(=O)N1. The third-order valence-corrected chi connectivity index (χ3v) is 8.53. The smallest absolute Gasteiger partial charge is 0.255 e. The van der Waals surface area contributed by atoms with Crippen LogP contribution in [0, 0.1) is 11.7 Å². The standard InChI is InChI=1S/C33H43FN4O7/c1-20(2)26-18-45-27-10-5-4-9-24(27)30(41)36-25(11-12-28(40)38-29(21(3)39)32(43)37-26)31(42)35-19-33(13-15-44-16-14-33)22-7-6-8-23(34)17-22/h4-10,17,20-21,25-26,29,39H,11-16,18-19H2,1-3H3,(H,35,42)(H,36,41)(H,37,43)(H,38,40)/t21-,25+,26-,29+/m1/s1. The van der Waals surface area contributed by atoms with Crippen molar-refractivity contribution >= 4 is 23.6 Å². The lowest BCUT2D eigenvalue weighted by atomic mass is 9.74. The molecular weight excluding hydrogens is 583 g/mol. The van der Waals surface area contributed by atoms with Crippen LogP contribution in [0.2, 0.25) is 0 Å². The van der Waals surface area contributed by atoms with Crippen molar-refractivity contribution in [1.29, 1.82) is 0 Å². The number of fused-ring (bicyclic) bond motifs is 1. The van der Waals surface area contributed by atoms with E-state index in [4.69, 9.17) is 9.47 Å². The van der Waals surface area contributed by atoms with Gasteiger partial charge >= 0.3 is 0 Å². The van der Waals surface area contributed by atoms with Gasteiger partial charge in [0.2, 0.25) is 17.7 Å². The van der Waals surface area contributed by atoms with Gasteiger partial charge in [0, 0.05) is 31.6 Å². The Morgan fingerprint density at radius 1 is 1.04 bits per heavy atom. The number of nitrogens with one attached hydrogen (secondary N) is 4. The number of benzene rings is 2. The van der Waals surface area contributed by atoms with Gasteiger partial charge in [-0.25, -0.2) is 4.39 Å². The zero-order valence-corrected chi connectivity index (χ0v) is 25.9. The number of carbonyl (C=O) groups is 4. The van der Waals surface area contributed by atoms with Crippen LogP contribution in [-0.2, 0) is 24.5 Å². The number of aliphatic hydroxyl groups excluding tert-OH is 1. The Hall–Kier alpha value is -4.03. The Labute approximate surface area is 262 Å². The van der Waals surface area contributed by atoms with Crippen molar-refractivity contribution in [2.24, 2.45) is 5.92 Å². The maximum absolute atomic E-state index is 14.2. The van der Waals surface area contributed by atoms with Crippen LogP contribution in [-0.4, -0.2) is 79.3 Å². The summed E-state index contributed by atoms with van der Waals surface area (Å²) >= 11 is 0. The van der Waals surface area contributed by atoms with E-state index in [1.807, 2.05) is 19.9 Å². The van der Waals surface area contributed by atoms with Crippen LogP contribution in [0.25, 0.3) is 0 Å². The molecule has 45 heavy (non-hydrogen) atoms. The van der Waals surface area contributed by atoms with Gasteiger partial charge in [-0.05, 0) is 61.9 Å². The average molecular weight is 627 g/mol. The Morgan fingerprint density at radius 3 is 2.47 bits per heavy atom. The van der Waals surface area contributed by atoms with Crippen molar-refractivity contribution in [2.45, 2.75) is 76.1 Å². The van der Waals surface area contributed by atoms with E-state index in [0.717, 1.165) is 5.56 Å². The van der Waals surface area contributed by atoms with Gasteiger partial charge < -0.3 is 35.8 Å². The van der Waals surface area contributed by atoms with Crippen molar-refractivity contribution in [3.8, 4) is 5.75 Å². The molecule has 12 heteroatoms. The van der Waals surface area contributed by atoms with Gasteiger partial charge in [-0.1, -0.05) is 38.1 Å². The third-order valence-electron chi connectivity index (χ3n) is 8.53. The van der Waals surface area contributed by atoms with E-state index in [0.29, 0.717) is 26.1 Å². The van der Waals surface area contributed by atoms with Crippen molar-refractivity contribution in [3.05, 3.63) is 65.5 Å². The van der Waals surface area contributed by atoms with Crippen LogP contribution >= 0.6 is 0 Å². The second kappa shape index (κ2) is 15.3. The fourth-order valence-corrected chi connectivity index (χ4v) is 5.59. The number of ether oxygens (including phenoxy) is 2. The van der Waals surface area contributed by atoms with E-state index in [2.05, 4.69) is 21.3 Å². The zero-order chi connectivity index (χ0) is 32.6. The fraction of sp³-hybridized carbons (Fsp3) is 0.515. The predicted molar refractivity (Wildman–Crippen MR) is 164 cm³/mol. The van der Waals surface area contributed by atoms with Crippen molar-refractivity contribution in [3.63, 3.8) is 0 Å². The lowest BCUT2D eigenvalue weighted by Gasteiger charge is -2.38. The largest absolute Gasteiger partial charge is 0.491 e. The normalized spacial score (nSPS) is 23.6. The minimum absolute atomic E-state index is 0.0178. The Bertz CT molecular complexity index is 1360. The molecule has 4 amide bonds. The van der Waals surface area contributed by atoms with Crippen LogP contribution in [0.15, 0.2) is 48.5 Å². The molecule has 0 spiro atoms. The van der Waals surface area contributed by atoms with E-state index in [9.17, 15) is 28.7 Å². The number of amides is 4. The highest BCUT2D eigenvalue weighted by molar-refractivity contribution is 6.00. The molecule has 2 heterocycles. The van der Waals surface area contributed by atoms with Crippen LogP contribution in [0.3, 0.4) is 0 Å². The van der Waals surface area contributed by atoms with Crippen molar-refractivity contribution in [2.75, 3.05) is 26.4 Å². The van der Waals surface area contributed by atoms with Gasteiger partial charge in [-0.2, -0.15) is 0 Å². The molecule has 2 aliphatic heterocycles. The van der Waals surface area contributed by atoms with Gasteiger partial charge in [0.1, 0.15) is 30.3 Å². The van der Waals surface area contributed by atoms with Gasteiger partial charge in [-0.15, -0.1) is 0 Å². The van der Waals surface area contributed by atoms with Crippen molar-refractivity contribution < 1.29 is 38.1 Å². The molecule has 2 aromatic carbocycles. The Morgan fingerprint density at radius 2 is 1.78 bits per heavy atom. The minimum atomic E-state index is -1.24. The Balaban J connectivity index is 1.60. The molecule has 0 aromatic heterocycles. The molecule has 1 saturated heterocycles. The molecule has 0 aliphatic carbocycles. The molecule has 0 saturated carbocycles. The summed E-state index contributed by atoms with van der Waals surface area (Å²) in [6.45, 7) is 6.25. The van der Waals surface area contributed by atoms with Gasteiger partial charge in [0.25, 0.3) is 5.91 Å². The summed E-state index contributed by atoms with van der Waals surface area (Å²) in [5.74, 6) is -2.44. The summed E-state index contributed by atoms with van der Waals surface area (Å²) in [4.78, 5) is 53.3. The molecular formula is C33H43FN4O7. The molecule has 244 valence electrons. The summed E-state index contributed by atoms with van der Waals surface area (Å²) < 4.78 is 25.7. The maximum Gasteiger partial charge on any atom is 0.255 e. The first-order valence-electron chi connectivity index (χ1n) is 15.4. The first-order chi connectivity index (χ1) is 21.5. The number of hydrogen-bond donors (Lipinski definition) is 5. The summed E-state index contributed by atoms with van der Waals surface area (Å²) in [7, 11) is 0. The number of aliphatic hydroxyl groups is 1. The van der Waals surface area contributed by atoms with E-state index in [1.165, 1.54) is 19.1 Å². The number of hydrogen-bond acceptors (Lipinski definition) is 7. The third kappa shape index (κ3) is 8.79. The van der Waals surface area contributed by atoms with Gasteiger partial charge in [0.05, 0.1) is 17.7 Å². The average Bonchev–Trinajstić information content (AvgIpc) is 3.02. The lowest BCUT2D eigenvalue weighted by Crippen LogP contribution is -2.56. The number of rotatable bonds is 6. The van der Waals surface area contributed by atoms with Gasteiger partial charge in [0.15, 0.2) is 0 Å². The first-order valence-corrected chi connectivity index (χ1v) is 15.4. The molecule has 5 N–H and O–H groups in total. The quantitative estimate of drug-likeness (QED) is 0.329. The second-order valence-electron chi connectivity index (χ2n) is 12.1. The topological polar surface area (TPSA) is 155 Å². The van der Waals surface area contributed by atoms with Crippen LogP contribution in [0.5, 0.6) is 5.75 Å². The number of halogens is 1. The highest BCUT2D eigenvalue weighted by Gasteiger charge is 2.36. The predicted octanol–water partition coefficient (Wildman–Crippen LogP) is 1.97. The highest BCUT2D eigenvalue weighted by atomic mass is 19.1. The molecule has 4 atom stereocenters. The Kier molecular flexibility index (Phi) is 11.5. The monoisotopic (exact) mass is 626 g/mol. The molecule has 0 radical (unpaired) electrons. The molecule has 1 fully saturated rings. The molecule has 0 unspecified atom stereocenters.